The van der Waals surface area contributed by atoms with Crippen LogP contribution in [0.4, 0.5) is 5.69 Å². The second-order valence-corrected chi connectivity index (χ2v) is 3.27. The minimum atomic E-state index is -0.395. The Morgan fingerprint density at radius 3 is 2.29 bits per heavy atom. The zero-order chi connectivity index (χ0) is 10.9. The van der Waals surface area contributed by atoms with E-state index >= 15 is 0 Å². The van der Waals surface area contributed by atoms with Gasteiger partial charge in [-0.05, 0) is 31.9 Å². The Bertz CT molecular complexity index is 385. The SMILES string of the molecule is COc1c(C)cc(C)c(C)c1[N+](=O)[O-]. The van der Waals surface area contributed by atoms with Crippen LogP contribution in [0.2, 0.25) is 0 Å². The van der Waals surface area contributed by atoms with Crippen molar-refractivity contribution in [2.75, 3.05) is 7.11 Å². The molecule has 14 heavy (non-hydrogen) atoms. The summed E-state index contributed by atoms with van der Waals surface area (Å²) in [5.74, 6) is 0.359. The Morgan fingerprint density at radius 2 is 1.86 bits per heavy atom. The number of ether oxygens (including phenoxy) is 1. The lowest BCUT2D eigenvalue weighted by Crippen LogP contribution is -2.00. The van der Waals surface area contributed by atoms with E-state index in [1.54, 1.807) is 13.8 Å². The van der Waals surface area contributed by atoms with E-state index in [4.69, 9.17) is 4.74 Å². The van der Waals surface area contributed by atoms with Crippen LogP contribution in [0.5, 0.6) is 5.75 Å². The van der Waals surface area contributed by atoms with Crippen LogP contribution in [0.3, 0.4) is 0 Å². The van der Waals surface area contributed by atoms with Crippen molar-refractivity contribution in [3.63, 3.8) is 0 Å². The lowest BCUT2D eigenvalue weighted by atomic mass is 10.0. The van der Waals surface area contributed by atoms with E-state index in [0.717, 1.165) is 11.1 Å². The minimum Gasteiger partial charge on any atom is -0.490 e. The van der Waals surface area contributed by atoms with Crippen molar-refractivity contribution in [1.29, 1.82) is 0 Å². The molecule has 0 radical (unpaired) electrons. The van der Waals surface area contributed by atoms with E-state index in [2.05, 4.69) is 0 Å². The molecule has 0 aromatic heterocycles. The first kappa shape index (κ1) is 10.5. The molecule has 0 heterocycles. The van der Waals surface area contributed by atoms with E-state index in [1.807, 2.05) is 13.0 Å². The molecular weight excluding hydrogens is 182 g/mol. The quantitative estimate of drug-likeness (QED) is 0.538. The molecule has 0 aliphatic carbocycles. The molecule has 0 fully saturated rings. The summed E-state index contributed by atoms with van der Waals surface area (Å²) in [4.78, 5) is 10.4. The number of nitrogens with zero attached hydrogens (tertiary/aromatic N) is 1. The molecule has 4 heteroatoms. The number of aryl methyl sites for hydroxylation is 2. The zero-order valence-corrected chi connectivity index (χ0v) is 8.75. The topological polar surface area (TPSA) is 52.4 Å². The van der Waals surface area contributed by atoms with Crippen molar-refractivity contribution < 1.29 is 9.66 Å². The number of nitro groups is 1. The number of methoxy groups -OCH3 is 1. The highest BCUT2D eigenvalue weighted by Crippen LogP contribution is 2.35. The van der Waals surface area contributed by atoms with E-state index in [9.17, 15) is 10.1 Å². The lowest BCUT2D eigenvalue weighted by molar-refractivity contribution is -0.386. The van der Waals surface area contributed by atoms with Crippen LogP contribution in [-0.4, -0.2) is 12.0 Å². The molecule has 0 atom stereocenters. The minimum absolute atomic E-state index is 0.0741. The summed E-state index contributed by atoms with van der Waals surface area (Å²) < 4.78 is 5.03. The van der Waals surface area contributed by atoms with Crippen LogP contribution >= 0.6 is 0 Å². The molecule has 0 saturated heterocycles. The van der Waals surface area contributed by atoms with Crippen molar-refractivity contribution in [3.05, 3.63) is 32.9 Å². The molecule has 0 spiro atoms. The second-order valence-electron chi connectivity index (χ2n) is 3.27. The highest BCUT2D eigenvalue weighted by molar-refractivity contribution is 5.59. The second kappa shape index (κ2) is 3.65. The van der Waals surface area contributed by atoms with Crippen LogP contribution in [0.15, 0.2) is 6.07 Å². The van der Waals surface area contributed by atoms with Crippen LogP contribution in [0.1, 0.15) is 16.7 Å². The summed E-state index contributed by atoms with van der Waals surface area (Å²) in [5.41, 5.74) is 2.44. The maximum atomic E-state index is 10.8. The van der Waals surface area contributed by atoms with Crippen molar-refractivity contribution in [3.8, 4) is 5.75 Å². The van der Waals surface area contributed by atoms with Gasteiger partial charge in [0.1, 0.15) is 0 Å². The predicted octanol–water partition coefficient (Wildman–Crippen LogP) is 2.53. The van der Waals surface area contributed by atoms with Crippen molar-refractivity contribution in [1.82, 2.24) is 0 Å². The summed E-state index contributed by atoms with van der Waals surface area (Å²) >= 11 is 0. The lowest BCUT2D eigenvalue weighted by Gasteiger charge is -2.09. The van der Waals surface area contributed by atoms with Gasteiger partial charge in [-0.2, -0.15) is 0 Å². The number of rotatable bonds is 2. The maximum Gasteiger partial charge on any atom is 0.314 e. The summed E-state index contributed by atoms with van der Waals surface area (Å²) in [7, 11) is 1.45. The third kappa shape index (κ3) is 1.55. The Hall–Kier alpha value is -1.58. The third-order valence-electron chi connectivity index (χ3n) is 2.34. The number of hydrogen-bond acceptors (Lipinski definition) is 3. The molecule has 0 unspecified atom stereocenters. The van der Waals surface area contributed by atoms with Gasteiger partial charge in [0.2, 0.25) is 0 Å². The maximum absolute atomic E-state index is 10.8. The summed E-state index contributed by atoms with van der Waals surface area (Å²) in [5, 5.41) is 10.8. The monoisotopic (exact) mass is 195 g/mol. The number of hydrogen-bond donors (Lipinski definition) is 0. The van der Waals surface area contributed by atoms with Gasteiger partial charge in [-0.3, -0.25) is 10.1 Å². The molecule has 0 saturated carbocycles. The molecule has 1 rings (SSSR count). The average Bonchev–Trinajstić information content (AvgIpc) is 2.10. The van der Waals surface area contributed by atoms with E-state index in [1.165, 1.54) is 7.11 Å². The van der Waals surface area contributed by atoms with Crippen molar-refractivity contribution >= 4 is 5.69 Å². The van der Waals surface area contributed by atoms with Gasteiger partial charge in [-0.15, -0.1) is 0 Å². The zero-order valence-electron chi connectivity index (χ0n) is 8.75. The smallest absolute Gasteiger partial charge is 0.314 e. The van der Waals surface area contributed by atoms with Gasteiger partial charge in [0.25, 0.3) is 0 Å². The van der Waals surface area contributed by atoms with Gasteiger partial charge < -0.3 is 4.74 Å². The molecule has 0 aliphatic rings. The Morgan fingerprint density at radius 1 is 1.29 bits per heavy atom. The highest BCUT2D eigenvalue weighted by atomic mass is 16.6. The van der Waals surface area contributed by atoms with Gasteiger partial charge in [0, 0.05) is 5.56 Å². The van der Waals surface area contributed by atoms with Crippen LogP contribution in [-0.2, 0) is 0 Å². The van der Waals surface area contributed by atoms with Gasteiger partial charge in [-0.25, -0.2) is 0 Å². The van der Waals surface area contributed by atoms with Crippen LogP contribution in [0, 0.1) is 30.9 Å². The van der Waals surface area contributed by atoms with Crippen molar-refractivity contribution in [2.24, 2.45) is 0 Å². The summed E-state index contributed by atoms with van der Waals surface area (Å²) in [6, 6.07) is 1.89. The van der Waals surface area contributed by atoms with E-state index < -0.39 is 4.92 Å². The predicted molar refractivity (Wildman–Crippen MR) is 53.9 cm³/mol. The molecule has 0 N–H and O–H groups in total. The number of benzene rings is 1. The van der Waals surface area contributed by atoms with Crippen LogP contribution in [0.25, 0.3) is 0 Å². The summed E-state index contributed by atoms with van der Waals surface area (Å²) in [6.07, 6.45) is 0. The normalized spacial score (nSPS) is 10.0. The first-order valence-electron chi connectivity index (χ1n) is 4.28. The summed E-state index contributed by atoms with van der Waals surface area (Å²) in [6.45, 7) is 5.39. The van der Waals surface area contributed by atoms with E-state index in [-0.39, 0.29) is 5.69 Å². The first-order chi connectivity index (χ1) is 6.49. The fourth-order valence-electron chi connectivity index (χ4n) is 1.52. The molecule has 0 aliphatic heterocycles. The molecule has 0 bridgehead atoms. The molecule has 4 nitrogen and oxygen atoms in total. The molecule has 1 aromatic carbocycles. The Labute approximate surface area is 82.7 Å². The van der Waals surface area contributed by atoms with Crippen LogP contribution < -0.4 is 4.74 Å². The van der Waals surface area contributed by atoms with Gasteiger partial charge >= 0.3 is 5.69 Å². The van der Waals surface area contributed by atoms with Crippen molar-refractivity contribution in [2.45, 2.75) is 20.8 Å². The fraction of sp³-hybridized carbons (Fsp3) is 0.400. The fourth-order valence-corrected chi connectivity index (χ4v) is 1.52. The van der Waals surface area contributed by atoms with Gasteiger partial charge in [0.05, 0.1) is 12.0 Å². The molecule has 76 valence electrons. The third-order valence-corrected chi connectivity index (χ3v) is 2.34. The van der Waals surface area contributed by atoms with E-state index in [0.29, 0.717) is 11.3 Å². The molecular formula is C10H13NO3. The molecule has 0 amide bonds. The number of nitro benzene ring substituents is 1. The standard InChI is InChI=1S/C10H13NO3/c1-6-5-7(2)10(14-4)9(8(6)3)11(12)13/h5H,1-4H3. The molecule has 1 aromatic rings. The Kier molecular flexibility index (Phi) is 2.74. The van der Waals surface area contributed by atoms with Gasteiger partial charge in [-0.1, -0.05) is 6.07 Å². The average molecular weight is 195 g/mol. The Balaban J connectivity index is 3.56. The first-order valence-corrected chi connectivity index (χ1v) is 4.28. The highest BCUT2D eigenvalue weighted by Gasteiger charge is 2.21. The largest absolute Gasteiger partial charge is 0.490 e. The van der Waals surface area contributed by atoms with Gasteiger partial charge in [0.15, 0.2) is 5.75 Å².